The van der Waals surface area contributed by atoms with Crippen LogP contribution in [0.15, 0.2) is 24.3 Å². The molecule has 1 aromatic carbocycles. The Morgan fingerprint density at radius 2 is 1.71 bits per heavy atom. The number of nitrogens with two attached hydrogens (primary N) is 1. The predicted molar refractivity (Wildman–Crippen MR) is 90.0 cm³/mol. The standard InChI is InChI=1S/C17H26ClN3/c1-16(7-8-16)17(2,13-19)21-11-9-20(10-12-21)15-5-3-14(18)4-6-15/h3-6H,7-13,19H2,1-2H3. The Morgan fingerprint density at radius 1 is 1.14 bits per heavy atom. The van der Waals surface area contributed by atoms with E-state index in [9.17, 15) is 0 Å². The minimum absolute atomic E-state index is 0.152. The maximum Gasteiger partial charge on any atom is 0.0407 e. The van der Waals surface area contributed by atoms with E-state index in [1.165, 1.54) is 18.5 Å². The SMILES string of the molecule is CC1(C(C)(CN)N2CCN(c3ccc(Cl)cc3)CC2)CC1. The lowest BCUT2D eigenvalue weighted by Gasteiger charge is -2.49. The second kappa shape index (κ2) is 5.45. The van der Waals surface area contributed by atoms with Gasteiger partial charge >= 0.3 is 0 Å². The molecular weight excluding hydrogens is 282 g/mol. The maximum absolute atomic E-state index is 6.16. The summed E-state index contributed by atoms with van der Waals surface area (Å²) in [6.45, 7) is 9.81. The average molecular weight is 308 g/mol. The number of halogens is 1. The summed E-state index contributed by atoms with van der Waals surface area (Å²) in [5.41, 5.74) is 8.00. The highest BCUT2D eigenvalue weighted by atomic mass is 35.5. The van der Waals surface area contributed by atoms with Crippen molar-refractivity contribution >= 4 is 17.3 Å². The number of piperazine rings is 1. The van der Waals surface area contributed by atoms with Crippen molar-refractivity contribution in [2.75, 3.05) is 37.6 Å². The van der Waals surface area contributed by atoms with Gasteiger partial charge in [0.2, 0.25) is 0 Å². The van der Waals surface area contributed by atoms with Crippen molar-refractivity contribution < 1.29 is 0 Å². The Bertz CT molecular complexity index is 489. The first kappa shape index (κ1) is 15.1. The zero-order valence-electron chi connectivity index (χ0n) is 13.1. The minimum atomic E-state index is 0.152. The van der Waals surface area contributed by atoms with Gasteiger partial charge in [-0.25, -0.2) is 0 Å². The van der Waals surface area contributed by atoms with Gasteiger partial charge in [-0.15, -0.1) is 0 Å². The van der Waals surface area contributed by atoms with Gasteiger partial charge in [-0.1, -0.05) is 18.5 Å². The molecule has 1 aromatic rings. The summed E-state index contributed by atoms with van der Waals surface area (Å²) in [6.07, 6.45) is 2.64. The van der Waals surface area contributed by atoms with Crippen molar-refractivity contribution in [2.45, 2.75) is 32.2 Å². The first-order valence-electron chi connectivity index (χ1n) is 7.94. The van der Waals surface area contributed by atoms with E-state index in [-0.39, 0.29) is 5.54 Å². The van der Waals surface area contributed by atoms with E-state index < -0.39 is 0 Å². The highest BCUT2D eigenvalue weighted by Crippen LogP contribution is 2.55. The van der Waals surface area contributed by atoms with Gasteiger partial charge < -0.3 is 10.6 Å². The quantitative estimate of drug-likeness (QED) is 0.928. The summed E-state index contributed by atoms with van der Waals surface area (Å²) >= 11 is 5.97. The maximum atomic E-state index is 6.16. The molecule has 1 saturated carbocycles. The molecule has 2 aliphatic rings. The zero-order valence-corrected chi connectivity index (χ0v) is 13.9. The molecule has 0 spiro atoms. The van der Waals surface area contributed by atoms with Crippen LogP contribution in [0.3, 0.4) is 0 Å². The molecule has 4 heteroatoms. The molecule has 1 atom stereocenters. The summed E-state index contributed by atoms with van der Waals surface area (Å²) < 4.78 is 0. The lowest BCUT2D eigenvalue weighted by molar-refractivity contribution is 0.0425. The van der Waals surface area contributed by atoms with Gasteiger partial charge in [0.25, 0.3) is 0 Å². The minimum Gasteiger partial charge on any atom is -0.369 e. The van der Waals surface area contributed by atoms with Gasteiger partial charge in [0.1, 0.15) is 0 Å². The third kappa shape index (κ3) is 2.67. The molecule has 116 valence electrons. The first-order valence-corrected chi connectivity index (χ1v) is 8.32. The van der Waals surface area contributed by atoms with Gasteiger partial charge in [-0.2, -0.15) is 0 Å². The highest BCUT2D eigenvalue weighted by Gasteiger charge is 2.55. The zero-order chi connectivity index (χ0) is 15.1. The molecule has 3 rings (SSSR count). The second-order valence-electron chi connectivity index (χ2n) is 6.99. The van der Waals surface area contributed by atoms with Gasteiger partial charge in [0.15, 0.2) is 0 Å². The van der Waals surface area contributed by atoms with Crippen LogP contribution in [0.25, 0.3) is 0 Å². The Balaban J connectivity index is 1.66. The second-order valence-corrected chi connectivity index (χ2v) is 7.43. The molecule has 21 heavy (non-hydrogen) atoms. The number of benzene rings is 1. The van der Waals surface area contributed by atoms with E-state index in [0.717, 1.165) is 37.7 Å². The summed E-state index contributed by atoms with van der Waals surface area (Å²) in [7, 11) is 0. The molecule has 1 saturated heterocycles. The van der Waals surface area contributed by atoms with E-state index in [1.807, 2.05) is 12.1 Å². The number of hydrogen-bond donors (Lipinski definition) is 1. The fourth-order valence-electron chi connectivity index (χ4n) is 3.59. The van der Waals surface area contributed by atoms with Gasteiger partial charge in [-0.3, -0.25) is 4.90 Å². The number of rotatable bonds is 4. The summed E-state index contributed by atoms with van der Waals surface area (Å²) in [5.74, 6) is 0. The van der Waals surface area contributed by atoms with Gasteiger partial charge in [0, 0.05) is 49.0 Å². The fraction of sp³-hybridized carbons (Fsp3) is 0.647. The smallest absolute Gasteiger partial charge is 0.0407 e. The van der Waals surface area contributed by atoms with E-state index >= 15 is 0 Å². The van der Waals surface area contributed by atoms with E-state index in [2.05, 4.69) is 35.8 Å². The van der Waals surface area contributed by atoms with Crippen LogP contribution < -0.4 is 10.6 Å². The molecule has 0 aromatic heterocycles. The predicted octanol–water partition coefficient (Wildman–Crippen LogP) is 2.98. The topological polar surface area (TPSA) is 32.5 Å². The van der Waals surface area contributed by atoms with Crippen LogP contribution in [0, 0.1) is 5.41 Å². The van der Waals surface area contributed by atoms with Crippen LogP contribution in [-0.4, -0.2) is 43.2 Å². The third-order valence-electron chi connectivity index (χ3n) is 5.87. The average Bonchev–Trinajstić information content (AvgIpc) is 3.27. The molecule has 2 fully saturated rings. The Kier molecular flexibility index (Phi) is 3.93. The van der Waals surface area contributed by atoms with Crippen molar-refractivity contribution in [1.29, 1.82) is 0 Å². The van der Waals surface area contributed by atoms with Crippen LogP contribution in [0.4, 0.5) is 5.69 Å². The summed E-state index contributed by atoms with van der Waals surface area (Å²) in [4.78, 5) is 5.06. The molecule has 1 aliphatic carbocycles. The Morgan fingerprint density at radius 3 is 2.19 bits per heavy atom. The van der Waals surface area contributed by atoms with Gasteiger partial charge in [0.05, 0.1) is 0 Å². The van der Waals surface area contributed by atoms with E-state index in [4.69, 9.17) is 17.3 Å². The molecular formula is C17H26ClN3. The van der Waals surface area contributed by atoms with E-state index in [0.29, 0.717) is 5.41 Å². The van der Waals surface area contributed by atoms with Crippen LogP contribution in [0.2, 0.25) is 5.02 Å². The molecule has 2 N–H and O–H groups in total. The lowest BCUT2D eigenvalue weighted by atomic mass is 9.81. The number of hydrogen-bond acceptors (Lipinski definition) is 3. The van der Waals surface area contributed by atoms with Crippen molar-refractivity contribution in [3.05, 3.63) is 29.3 Å². The van der Waals surface area contributed by atoms with Crippen LogP contribution >= 0.6 is 11.6 Å². The molecule has 1 unspecified atom stereocenters. The molecule has 3 nitrogen and oxygen atoms in total. The normalized spacial score (nSPS) is 24.7. The van der Waals surface area contributed by atoms with E-state index in [1.54, 1.807) is 0 Å². The van der Waals surface area contributed by atoms with Crippen LogP contribution in [0.1, 0.15) is 26.7 Å². The highest BCUT2D eigenvalue weighted by molar-refractivity contribution is 6.30. The number of nitrogens with zero attached hydrogens (tertiary/aromatic N) is 2. The monoisotopic (exact) mass is 307 g/mol. The third-order valence-corrected chi connectivity index (χ3v) is 6.12. The van der Waals surface area contributed by atoms with Crippen LogP contribution in [-0.2, 0) is 0 Å². The van der Waals surface area contributed by atoms with Crippen LogP contribution in [0.5, 0.6) is 0 Å². The molecule has 0 bridgehead atoms. The van der Waals surface area contributed by atoms with Crippen molar-refractivity contribution in [3.8, 4) is 0 Å². The largest absolute Gasteiger partial charge is 0.369 e. The van der Waals surface area contributed by atoms with Crippen molar-refractivity contribution in [1.82, 2.24) is 4.90 Å². The van der Waals surface area contributed by atoms with Crippen molar-refractivity contribution in [2.24, 2.45) is 11.1 Å². The Hall–Kier alpha value is -0.770. The lowest BCUT2D eigenvalue weighted by Crippen LogP contribution is -2.62. The van der Waals surface area contributed by atoms with Crippen molar-refractivity contribution in [3.63, 3.8) is 0 Å². The number of anilines is 1. The summed E-state index contributed by atoms with van der Waals surface area (Å²) in [5, 5.41) is 0.801. The molecule has 1 heterocycles. The first-order chi connectivity index (χ1) is 9.98. The van der Waals surface area contributed by atoms with Gasteiger partial charge in [-0.05, 0) is 49.4 Å². The molecule has 1 aliphatic heterocycles. The Labute approximate surface area is 133 Å². The fourth-order valence-corrected chi connectivity index (χ4v) is 3.72. The molecule has 0 amide bonds. The summed E-state index contributed by atoms with van der Waals surface area (Å²) in [6, 6.07) is 8.17. The molecule has 0 radical (unpaired) electrons.